The molecule has 1 fully saturated rings. The van der Waals surface area contributed by atoms with Crippen molar-refractivity contribution in [1.29, 1.82) is 0 Å². The highest BCUT2D eigenvalue weighted by Crippen LogP contribution is 2.46. The lowest BCUT2D eigenvalue weighted by atomic mass is 10.0. The van der Waals surface area contributed by atoms with E-state index < -0.39 is 11.6 Å². The van der Waals surface area contributed by atoms with Crippen LogP contribution in [-0.4, -0.2) is 35.9 Å². The standard InChI is InChI=1S/C18H19FN4O2/c1-23(2)16(24)15-11-12(7-10-20-15)21-17(25)22-18(8-9-18)13-5-3-4-6-14(13)19/h3-7,10-11H,8-9H2,1-2H3,(H2,20,21,22,25). The zero-order valence-electron chi connectivity index (χ0n) is 14.0. The van der Waals surface area contributed by atoms with E-state index in [0.717, 1.165) is 0 Å². The van der Waals surface area contributed by atoms with Crippen LogP contribution < -0.4 is 10.6 Å². The molecule has 2 aromatic rings. The molecule has 3 amide bonds. The van der Waals surface area contributed by atoms with Crippen LogP contribution in [0.2, 0.25) is 0 Å². The average molecular weight is 342 g/mol. The van der Waals surface area contributed by atoms with Crippen LogP contribution in [0.15, 0.2) is 42.6 Å². The first-order chi connectivity index (χ1) is 11.9. The minimum absolute atomic E-state index is 0.234. The Bertz CT molecular complexity index is 818. The van der Waals surface area contributed by atoms with E-state index >= 15 is 0 Å². The van der Waals surface area contributed by atoms with Crippen molar-refractivity contribution in [3.63, 3.8) is 0 Å². The molecule has 2 N–H and O–H groups in total. The molecule has 1 saturated carbocycles. The zero-order chi connectivity index (χ0) is 18.0. The van der Waals surface area contributed by atoms with Crippen molar-refractivity contribution in [2.24, 2.45) is 0 Å². The molecule has 6 nitrogen and oxygen atoms in total. The van der Waals surface area contributed by atoms with E-state index in [4.69, 9.17) is 0 Å². The van der Waals surface area contributed by atoms with Gasteiger partial charge in [0.2, 0.25) is 0 Å². The number of aromatic nitrogens is 1. The van der Waals surface area contributed by atoms with Gasteiger partial charge < -0.3 is 15.5 Å². The van der Waals surface area contributed by atoms with Gasteiger partial charge >= 0.3 is 6.03 Å². The SMILES string of the molecule is CN(C)C(=O)c1cc(NC(=O)NC2(c3ccccc3F)CC2)ccn1. The van der Waals surface area contributed by atoms with Gasteiger partial charge in [0, 0.05) is 31.5 Å². The fourth-order valence-corrected chi connectivity index (χ4v) is 2.67. The molecule has 1 aromatic heterocycles. The van der Waals surface area contributed by atoms with E-state index in [2.05, 4.69) is 15.6 Å². The van der Waals surface area contributed by atoms with Crippen LogP contribution in [0.5, 0.6) is 0 Å². The third-order valence-corrected chi connectivity index (χ3v) is 4.14. The summed E-state index contributed by atoms with van der Waals surface area (Å²) in [6, 6.07) is 9.09. The van der Waals surface area contributed by atoms with E-state index in [9.17, 15) is 14.0 Å². The topological polar surface area (TPSA) is 74.3 Å². The third kappa shape index (κ3) is 3.60. The molecule has 1 heterocycles. The molecular formula is C18H19FN4O2. The highest BCUT2D eigenvalue weighted by molar-refractivity contribution is 5.95. The molecule has 0 aliphatic heterocycles. The molecule has 7 heteroatoms. The first-order valence-electron chi connectivity index (χ1n) is 7.93. The van der Waals surface area contributed by atoms with Gasteiger partial charge in [-0.05, 0) is 31.0 Å². The summed E-state index contributed by atoms with van der Waals surface area (Å²) in [5.41, 5.74) is 0.508. The van der Waals surface area contributed by atoms with Gasteiger partial charge in [0.05, 0.1) is 5.54 Å². The molecule has 0 radical (unpaired) electrons. The molecule has 0 spiro atoms. The largest absolute Gasteiger partial charge is 0.343 e. The quantitative estimate of drug-likeness (QED) is 0.897. The number of hydrogen-bond acceptors (Lipinski definition) is 3. The smallest absolute Gasteiger partial charge is 0.319 e. The van der Waals surface area contributed by atoms with E-state index in [1.54, 1.807) is 38.4 Å². The predicted molar refractivity (Wildman–Crippen MR) is 91.7 cm³/mol. The summed E-state index contributed by atoms with van der Waals surface area (Å²) in [5, 5.41) is 5.52. The van der Waals surface area contributed by atoms with Gasteiger partial charge in [0.25, 0.3) is 5.91 Å². The third-order valence-electron chi connectivity index (χ3n) is 4.14. The molecule has 1 aromatic carbocycles. The Morgan fingerprint density at radius 1 is 1.20 bits per heavy atom. The summed E-state index contributed by atoms with van der Waals surface area (Å²) in [4.78, 5) is 29.7. The van der Waals surface area contributed by atoms with Gasteiger partial charge in [-0.3, -0.25) is 9.78 Å². The fraction of sp³-hybridized carbons (Fsp3) is 0.278. The molecule has 25 heavy (non-hydrogen) atoms. The van der Waals surface area contributed by atoms with Crippen molar-refractivity contribution in [3.8, 4) is 0 Å². The van der Waals surface area contributed by atoms with Crippen molar-refractivity contribution in [2.75, 3.05) is 19.4 Å². The minimum atomic E-state index is -0.662. The summed E-state index contributed by atoms with van der Waals surface area (Å²) in [6.07, 6.45) is 2.82. The molecular weight excluding hydrogens is 323 g/mol. The number of rotatable bonds is 4. The van der Waals surface area contributed by atoms with Crippen LogP contribution in [0.4, 0.5) is 14.9 Å². The molecule has 0 bridgehead atoms. The highest BCUT2D eigenvalue weighted by Gasteiger charge is 2.47. The lowest BCUT2D eigenvalue weighted by Crippen LogP contribution is -2.38. The number of nitrogens with zero attached hydrogens (tertiary/aromatic N) is 2. The van der Waals surface area contributed by atoms with Gasteiger partial charge in [-0.25, -0.2) is 9.18 Å². The molecule has 1 aliphatic rings. The highest BCUT2D eigenvalue weighted by atomic mass is 19.1. The van der Waals surface area contributed by atoms with Crippen LogP contribution in [-0.2, 0) is 5.54 Å². The second-order valence-electron chi connectivity index (χ2n) is 6.27. The Morgan fingerprint density at radius 3 is 2.56 bits per heavy atom. The lowest BCUT2D eigenvalue weighted by Gasteiger charge is -2.19. The van der Waals surface area contributed by atoms with Gasteiger partial charge in [-0.1, -0.05) is 18.2 Å². The van der Waals surface area contributed by atoms with Crippen molar-refractivity contribution in [1.82, 2.24) is 15.2 Å². The Morgan fingerprint density at radius 2 is 1.92 bits per heavy atom. The van der Waals surface area contributed by atoms with Gasteiger partial charge in [0.1, 0.15) is 11.5 Å². The van der Waals surface area contributed by atoms with E-state index in [1.165, 1.54) is 23.2 Å². The van der Waals surface area contributed by atoms with Crippen LogP contribution in [0.1, 0.15) is 28.9 Å². The van der Waals surface area contributed by atoms with Gasteiger partial charge in [0.15, 0.2) is 0 Å². The number of nitrogens with one attached hydrogen (secondary N) is 2. The summed E-state index contributed by atoms with van der Waals surface area (Å²) in [6.45, 7) is 0. The van der Waals surface area contributed by atoms with Crippen molar-refractivity contribution in [2.45, 2.75) is 18.4 Å². The number of anilines is 1. The summed E-state index contributed by atoms with van der Waals surface area (Å²) >= 11 is 0. The second kappa shape index (κ2) is 6.51. The maximum atomic E-state index is 14.0. The number of pyridine rings is 1. The molecule has 130 valence electrons. The number of halogens is 1. The maximum Gasteiger partial charge on any atom is 0.319 e. The van der Waals surface area contributed by atoms with Crippen LogP contribution in [0.3, 0.4) is 0 Å². The summed E-state index contributed by atoms with van der Waals surface area (Å²) < 4.78 is 14.0. The summed E-state index contributed by atoms with van der Waals surface area (Å²) in [7, 11) is 3.25. The molecule has 0 saturated heterocycles. The minimum Gasteiger partial charge on any atom is -0.343 e. The number of hydrogen-bond donors (Lipinski definition) is 2. The molecule has 1 aliphatic carbocycles. The number of carbonyl (C=O) groups is 2. The van der Waals surface area contributed by atoms with Gasteiger partial charge in [-0.15, -0.1) is 0 Å². The first kappa shape index (κ1) is 16.9. The lowest BCUT2D eigenvalue weighted by molar-refractivity contribution is 0.0822. The number of benzene rings is 1. The fourth-order valence-electron chi connectivity index (χ4n) is 2.67. The average Bonchev–Trinajstić information content (AvgIpc) is 3.34. The predicted octanol–water partition coefficient (Wildman–Crippen LogP) is 2.73. The van der Waals surface area contributed by atoms with Crippen LogP contribution in [0, 0.1) is 5.82 Å². The van der Waals surface area contributed by atoms with Gasteiger partial charge in [-0.2, -0.15) is 0 Å². The summed E-state index contributed by atoms with van der Waals surface area (Å²) in [5.74, 6) is -0.586. The van der Waals surface area contributed by atoms with Crippen molar-refractivity contribution >= 4 is 17.6 Å². The number of urea groups is 1. The van der Waals surface area contributed by atoms with E-state index in [0.29, 0.717) is 24.1 Å². The van der Waals surface area contributed by atoms with Crippen molar-refractivity contribution < 1.29 is 14.0 Å². The maximum absolute atomic E-state index is 14.0. The van der Waals surface area contributed by atoms with Crippen molar-refractivity contribution in [3.05, 3.63) is 59.7 Å². The Balaban J connectivity index is 1.71. The van der Waals surface area contributed by atoms with E-state index in [1.807, 2.05) is 0 Å². The normalized spacial score (nSPS) is 14.5. The first-order valence-corrected chi connectivity index (χ1v) is 7.93. The number of amides is 3. The zero-order valence-corrected chi connectivity index (χ0v) is 14.0. The molecule has 0 unspecified atom stereocenters. The number of carbonyl (C=O) groups excluding carboxylic acids is 2. The second-order valence-corrected chi connectivity index (χ2v) is 6.27. The Kier molecular flexibility index (Phi) is 4.39. The van der Waals surface area contributed by atoms with Crippen LogP contribution in [0.25, 0.3) is 0 Å². The Labute approximate surface area is 145 Å². The van der Waals surface area contributed by atoms with Crippen LogP contribution >= 0.6 is 0 Å². The monoisotopic (exact) mass is 342 g/mol. The Hall–Kier alpha value is -2.96. The molecule has 0 atom stereocenters. The molecule has 3 rings (SSSR count). The van der Waals surface area contributed by atoms with E-state index in [-0.39, 0.29) is 17.4 Å².